The van der Waals surface area contributed by atoms with Crippen LogP contribution in [0.5, 0.6) is 5.75 Å². The molecule has 0 saturated heterocycles. The summed E-state index contributed by atoms with van der Waals surface area (Å²) in [5.74, 6) is 0.682. The number of amides is 1. The summed E-state index contributed by atoms with van der Waals surface area (Å²) in [6.45, 7) is 2.39. The van der Waals surface area contributed by atoms with Gasteiger partial charge < -0.3 is 10.1 Å². The Balaban J connectivity index is 2.11. The fourth-order valence-electron chi connectivity index (χ4n) is 2.33. The molecule has 0 saturated carbocycles. The molecule has 112 valence electrons. The Bertz CT molecular complexity index is 829. The van der Waals surface area contributed by atoms with E-state index in [1.807, 2.05) is 6.92 Å². The van der Waals surface area contributed by atoms with Gasteiger partial charge in [-0.25, -0.2) is 4.39 Å². The maximum atomic E-state index is 14.1. The van der Waals surface area contributed by atoms with Gasteiger partial charge in [-0.15, -0.1) is 0 Å². The molecule has 1 amide bonds. The number of anilines is 1. The van der Waals surface area contributed by atoms with Gasteiger partial charge in [-0.3, -0.25) is 9.89 Å². The number of hydrogen-bond donors (Lipinski definition) is 2. The molecule has 0 aliphatic carbocycles. The lowest BCUT2D eigenvalue weighted by atomic mass is 10.0. The summed E-state index contributed by atoms with van der Waals surface area (Å²) in [6.07, 6.45) is 0.554. The van der Waals surface area contributed by atoms with Gasteiger partial charge in [-0.2, -0.15) is 5.10 Å². The number of carbonyl (C=O) groups excluding carboxylic acids is 1. The number of aromatic amines is 1. The smallest absolute Gasteiger partial charge is 0.212 e. The third kappa shape index (κ3) is 2.50. The second kappa shape index (κ2) is 5.85. The molecule has 2 aromatic carbocycles. The summed E-state index contributed by atoms with van der Waals surface area (Å²) >= 11 is 0. The first-order valence-corrected chi connectivity index (χ1v) is 6.84. The van der Waals surface area contributed by atoms with E-state index in [-0.39, 0.29) is 5.82 Å². The summed E-state index contributed by atoms with van der Waals surface area (Å²) < 4.78 is 19.5. The second-order valence-electron chi connectivity index (χ2n) is 4.67. The van der Waals surface area contributed by atoms with Crippen molar-refractivity contribution in [2.24, 2.45) is 0 Å². The quantitative estimate of drug-likeness (QED) is 0.710. The first-order valence-electron chi connectivity index (χ1n) is 6.84. The minimum absolute atomic E-state index is 0.337. The molecular formula is C16H14FN3O2. The van der Waals surface area contributed by atoms with Crippen LogP contribution in [-0.2, 0) is 4.79 Å². The van der Waals surface area contributed by atoms with E-state index in [0.717, 1.165) is 5.52 Å². The third-order valence-electron chi connectivity index (χ3n) is 3.32. The number of benzene rings is 2. The molecule has 0 bridgehead atoms. The van der Waals surface area contributed by atoms with E-state index < -0.39 is 0 Å². The predicted octanol–water partition coefficient (Wildman–Crippen LogP) is 3.34. The Labute approximate surface area is 126 Å². The molecule has 0 fully saturated rings. The molecule has 6 heteroatoms. The van der Waals surface area contributed by atoms with Crippen molar-refractivity contribution in [2.75, 3.05) is 11.9 Å². The summed E-state index contributed by atoms with van der Waals surface area (Å²) in [5, 5.41) is 10.0. The van der Waals surface area contributed by atoms with E-state index in [2.05, 4.69) is 15.5 Å². The van der Waals surface area contributed by atoms with Crippen molar-refractivity contribution in [3.8, 4) is 16.9 Å². The van der Waals surface area contributed by atoms with Gasteiger partial charge in [0.15, 0.2) is 5.82 Å². The minimum atomic E-state index is -0.337. The summed E-state index contributed by atoms with van der Waals surface area (Å²) in [7, 11) is 0. The zero-order valence-corrected chi connectivity index (χ0v) is 11.9. The first kappa shape index (κ1) is 14.1. The van der Waals surface area contributed by atoms with E-state index in [4.69, 9.17) is 4.74 Å². The summed E-state index contributed by atoms with van der Waals surface area (Å²) in [6, 6.07) is 9.99. The van der Waals surface area contributed by atoms with Gasteiger partial charge in [0, 0.05) is 10.9 Å². The number of halogens is 1. The second-order valence-corrected chi connectivity index (χ2v) is 4.67. The highest BCUT2D eigenvalue weighted by Crippen LogP contribution is 2.31. The highest BCUT2D eigenvalue weighted by Gasteiger charge is 2.11. The monoisotopic (exact) mass is 299 g/mol. The number of fused-ring (bicyclic) bond motifs is 1. The van der Waals surface area contributed by atoms with Gasteiger partial charge in [0.2, 0.25) is 6.41 Å². The number of hydrogen-bond acceptors (Lipinski definition) is 3. The van der Waals surface area contributed by atoms with Crippen LogP contribution in [0.15, 0.2) is 36.4 Å². The van der Waals surface area contributed by atoms with Gasteiger partial charge in [0.25, 0.3) is 0 Å². The molecule has 1 aromatic heterocycles. The van der Waals surface area contributed by atoms with Gasteiger partial charge in [0.1, 0.15) is 11.6 Å². The third-order valence-corrected chi connectivity index (χ3v) is 3.32. The number of H-pyrrole nitrogens is 1. The van der Waals surface area contributed by atoms with Crippen LogP contribution in [0.3, 0.4) is 0 Å². The molecular weight excluding hydrogens is 285 g/mol. The molecule has 3 aromatic rings. The highest BCUT2D eigenvalue weighted by atomic mass is 19.1. The van der Waals surface area contributed by atoms with Crippen LogP contribution in [0.4, 0.5) is 10.2 Å². The van der Waals surface area contributed by atoms with E-state index in [1.165, 1.54) is 6.07 Å². The van der Waals surface area contributed by atoms with Crippen molar-refractivity contribution in [3.05, 3.63) is 42.2 Å². The van der Waals surface area contributed by atoms with E-state index >= 15 is 0 Å². The highest BCUT2D eigenvalue weighted by molar-refractivity contribution is 5.96. The van der Waals surface area contributed by atoms with E-state index in [9.17, 15) is 9.18 Å². The number of rotatable bonds is 5. The normalized spacial score (nSPS) is 10.6. The maximum Gasteiger partial charge on any atom is 0.212 e. The Morgan fingerprint density at radius 3 is 2.95 bits per heavy atom. The number of nitrogens with one attached hydrogen (secondary N) is 2. The average Bonchev–Trinajstić information content (AvgIpc) is 2.92. The van der Waals surface area contributed by atoms with Crippen molar-refractivity contribution in [1.29, 1.82) is 0 Å². The minimum Gasteiger partial charge on any atom is -0.494 e. The van der Waals surface area contributed by atoms with Gasteiger partial charge in [-0.1, -0.05) is 6.07 Å². The van der Waals surface area contributed by atoms with Crippen LogP contribution in [-0.4, -0.2) is 23.2 Å². The largest absolute Gasteiger partial charge is 0.494 e. The predicted molar refractivity (Wildman–Crippen MR) is 82.3 cm³/mol. The van der Waals surface area contributed by atoms with Crippen LogP contribution in [0, 0.1) is 5.82 Å². The van der Waals surface area contributed by atoms with Crippen LogP contribution in [0.1, 0.15) is 6.92 Å². The number of nitrogens with zero attached hydrogens (tertiary/aromatic N) is 1. The number of carbonyl (C=O) groups is 1. The van der Waals surface area contributed by atoms with Gasteiger partial charge in [-0.05, 0) is 42.8 Å². The average molecular weight is 299 g/mol. The van der Waals surface area contributed by atoms with Crippen LogP contribution >= 0.6 is 0 Å². The first-order chi connectivity index (χ1) is 10.7. The van der Waals surface area contributed by atoms with Gasteiger partial charge in [0.05, 0.1) is 12.1 Å². The Morgan fingerprint density at radius 2 is 2.18 bits per heavy atom. The SMILES string of the molecule is CCOc1ccc(F)c(-c2ccc3[nH]nc(NC=O)c3c2)c1. The van der Waals surface area contributed by atoms with Crippen molar-refractivity contribution in [2.45, 2.75) is 6.92 Å². The Kier molecular flexibility index (Phi) is 3.74. The number of aromatic nitrogens is 2. The molecule has 2 N–H and O–H groups in total. The van der Waals surface area contributed by atoms with E-state index in [1.54, 1.807) is 30.3 Å². The molecule has 0 spiro atoms. The Hall–Kier alpha value is -2.89. The van der Waals surface area contributed by atoms with E-state index in [0.29, 0.717) is 41.1 Å². The Morgan fingerprint density at radius 1 is 1.32 bits per heavy atom. The lowest BCUT2D eigenvalue weighted by Gasteiger charge is -2.08. The van der Waals surface area contributed by atoms with Crippen LogP contribution in [0.25, 0.3) is 22.0 Å². The van der Waals surface area contributed by atoms with Crippen LogP contribution in [0.2, 0.25) is 0 Å². The molecule has 0 unspecified atom stereocenters. The molecule has 0 aliphatic heterocycles. The topological polar surface area (TPSA) is 67.0 Å². The molecule has 3 rings (SSSR count). The molecule has 0 aliphatic rings. The van der Waals surface area contributed by atoms with Crippen LogP contribution < -0.4 is 10.1 Å². The lowest BCUT2D eigenvalue weighted by molar-refractivity contribution is -0.105. The van der Waals surface area contributed by atoms with Crippen molar-refractivity contribution in [3.63, 3.8) is 0 Å². The van der Waals surface area contributed by atoms with Crippen molar-refractivity contribution in [1.82, 2.24) is 10.2 Å². The number of ether oxygens (including phenoxy) is 1. The zero-order chi connectivity index (χ0) is 15.5. The maximum absolute atomic E-state index is 14.1. The van der Waals surface area contributed by atoms with Crippen molar-refractivity contribution >= 4 is 23.1 Å². The summed E-state index contributed by atoms with van der Waals surface area (Å²) in [5.41, 5.74) is 1.88. The zero-order valence-electron chi connectivity index (χ0n) is 11.9. The molecule has 1 heterocycles. The van der Waals surface area contributed by atoms with Gasteiger partial charge >= 0.3 is 0 Å². The molecule has 5 nitrogen and oxygen atoms in total. The molecule has 0 atom stereocenters. The fraction of sp³-hybridized carbons (Fsp3) is 0.125. The van der Waals surface area contributed by atoms with Crippen molar-refractivity contribution < 1.29 is 13.9 Å². The standard InChI is InChI=1S/C16H14FN3O2/c1-2-22-11-4-5-14(17)12(8-11)10-3-6-15-13(7-10)16(18-9-21)20-19-15/h3-9H,2H2,1H3,(H2,18,19,20,21). The fourth-order valence-corrected chi connectivity index (χ4v) is 2.33. The molecule has 0 radical (unpaired) electrons. The molecule has 22 heavy (non-hydrogen) atoms. The summed E-state index contributed by atoms with van der Waals surface area (Å²) in [4.78, 5) is 10.6. The lowest BCUT2D eigenvalue weighted by Crippen LogP contribution is -1.94.